The molecule has 0 aromatic rings. The normalized spacial score (nSPS) is 11.7. The molecule has 0 aliphatic heterocycles. The van der Waals surface area contributed by atoms with Crippen molar-refractivity contribution in [1.29, 1.82) is 0 Å². The predicted molar refractivity (Wildman–Crippen MR) is 60.3 cm³/mol. The zero-order chi connectivity index (χ0) is 10.6. The lowest BCUT2D eigenvalue weighted by Crippen LogP contribution is -2.12. The Morgan fingerprint density at radius 3 is 2.07 bits per heavy atom. The minimum absolute atomic E-state index is 0.0287. The quantitative estimate of drug-likeness (QED) is 0.322. The van der Waals surface area contributed by atoms with Crippen LogP contribution in [0.4, 0.5) is 0 Å². The van der Waals surface area contributed by atoms with Crippen LogP contribution >= 0.6 is 0 Å². The topological polar surface area (TPSA) is 18.5 Å². The van der Waals surface area contributed by atoms with Crippen LogP contribution in [0.2, 0.25) is 0 Å². The molecule has 0 aromatic carbocycles. The lowest BCUT2D eigenvalue weighted by atomic mass is 10.2. The van der Waals surface area contributed by atoms with E-state index in [0.717, 1.165) is 19.3 Å². The third-order valence-electron chi connectivity index (χ3n) is 2.23. The standard InChI is InChI=1S/C12H24O2/c1-4-5-6-7-8-9-10-11-12(13-2)14-3/h7-8,12H,4-6,9-11H2,1-3H3/b8-7+. The molecule has 0 N–H and O–H groups in total. The smallest absolute Gasteiger partial charge is 0.156 e. The summed E-state index contributed by atoms with van der Waals surface area (Å²) >= 11 is 0. The van der Waals surface area contributed by atoms with Crippen molar-refractivity contribution in [2.75, 3.05) is 14.2 Å². The first-order valence-corrected chi connectivity index (χ1v) is 5.55. The molecule has 2 nitrogen and oxygen atoms in total. The summed E-state index contributed by atoms with van der Waals surface area (Å²) in [6, 6.07) is 0. The highest BCUT2D eigenvalue weighted by molar-refractivity contribution is 4.81. The molecule has 0 heterocycles. The molecular formula is C12H24O2. The Bertz CT molecular complexity index is 128. The Hall–Kier alpha value is -0.340. The van der Waals surface area contributed by atoms with Crippen LogP contribution < -0.4 is 0 Å². The Kier molecular flexibility index (Phi) is 10.5. The average Bonchev–Trinajstić information content (AvgIpc) is 2.22. The Balaban J connectivity index is 3.23. The van der Waals surface area contributed by atoms with Crippen molar-refractivity contribution in [3.8, 4) is 0 Å². The van der Waals surface area contributed by atoms with Crippen LogP contribution in [-0.2, 0) is 9.47 Å². The van der Waals surface area contributed by atoms with Gasteiger partial charge in [0, 0.05) is 14.2 Å². The van der Waals surface area contributed by atoms with Crippen molar-refractivity contribution >= 4 is 0 Å². The molecule has 0 aromatic heterocycles. The maximum absolute atomic E-state index is 5.10. The first-order chi connectivity index (χ1) is 6.85. The molecule has 84 valence electrons. The molecule has 0 bridgehead atoms. The number of hydrogen-bond donors (Lipinski definition) is 0. The van der Waals surface area contributed by atoms with E-state index in [1.807, 2.05) is 0 Å². The van der Waals surface area contributed by atoms with Crippen molar-refractivity contribution in [1.82, 2.24) is 0 Å². The fourth-order valence-corrected chi connectivity index (χ4v) is 1.29. The SMILES string of the molecule is CCCC/C=C/CCCC(OC)OC. The van der Waals surface area contributed by atoms with E-state index in [1.165, 1.54) is 19.3 Å². The van der Waals surface area contributed by atoms with Gasteiger partial charge >= 0.3 is 0 Å². The zero-order valence-electron chi connectivity index (χ0n) is 9.79. The van der Waals surface area contributed by atoms with Crippen LogP contribution in [0.15, 0.2) is 12.2 Å². The third kappa shape index (κ3) is 8.27. The number of allylic oxidation sites excluding steroid dienone is 2. The largest absolute Gasteiger partial charge is 0.356 e. The molecule has 14 heavy (non-hydrogen) atoms. The average molecular weight is 200 g/mol. The van der Waals surface area contributed by atoms with Gasteiger partial charge in [0.05, 0.1) is 0 Å². The predicted octanol–water partition coefficient (Wildman–Crippen LogP) is 3.52. The summed E-state index contributed by atoms with van der Waals surface area (Å²) in [6.45, 7) is 2.22. The molecular weight excluding hydrogens is 176 g/mol. The molecule has 0 saturated heterocycles. The first kappa shape index (κ1) is 13.7. The lowest BCUT2D eigenvalue weighted by molar-refractivity contribution is -0.106. The van der Waals surface area contributed by atoms with E-state index in [1.54, 1.807) is 14.2 Å². The fourth-order valence-electron chi connectivity index (χ4n) is 1.29. The molecule has 0 fully saturated rings. The highest BCUT2D eigenvalue weighted by atomic mass is 16.7. The van der Waals surface area contributed by atoms with Gasteiger partial charge in [-0.05, 0) is 25.7 Å². The van der Waals surface area contributed by atoms with Gasteiger partial charge in [-0.3, -0.25) is 0 Å². The molecule has 0 unspecified atom stereocenters. The van der Waals surface area contributed by atoms with Crippen LogP contribution in [-0.4, -0.2) is 20.5 Å². The number of rotatable bonds is 9. The van der Waals surface area contributed by atoms with E-state index in [2.05, 4.69) is 19.1 Å². The van der Waals surface area contributed by atoms with Gasteiger partial charge in [0.25, 0.3) is 0 Å². The minimum Gasteiger partial charge on any atom is -0.356 e. The van der Waals surface area contributed by atoms with Crippen LogP contribution in [0.1, 0.15) is 45.4 Å². The molecule has 0 atom stereocenters. The van der Waals surface area contributed by atoms with E-state index < -0.39 is 0 Å². The van der Waals surface area contributed by atoms with Crippen LogP contribution in [0.3, 0.4) is 0 Å². The molecule has 0 rings (SSSR count). The summed E-state index contributed by atoms with van der Waals surface area (Å²) < 4.78 is 10.2. The maximum atomic E-state index is 5.10. The number of ether oxygens (including phenoxy) is 2. The second kappa shape index (κ2) is 10.7. The van der Waals surface area contributed by atoms with Gasteiger partial charge < -0.3 is 9.47 Å². The molecule has 0 radical (unpaired) electrons. The van der Waals surface area contributed by atoms with Crippen molar-refractivity contribution in [3.05, 3.63) is 12.2 Å². The number of hydrogen-bond acceptors (Lipinski definition) is 2. The summed E-state index contributed by atoms with van der Waals surface area (Å²) in [5, 5.41) is 0. The summed E-state index contributed by atoms with van der Waals surface area (Å²) in [5.41, 5.74) is 0. The second-order valence-corrected chi connectivity index (χ2v) is 3.45. The fraction of sp³-hybridized carbons (Fsp3) is 0.833. The first-order valence-electron chi connectivity index (χ1n) is 5.55. The lowest BCUT2D eigenvalue weighted by Gasteiger charge is -2.11. The summed E-state index contributed by atoms with van der Waals surface area (Å²) in [7, 11) is 3.37. The molecule has 0 amide bonds. The summed E-state index contributed by atoms with van der Waals surface area (Å²) in [6.07, 6.45) is 11.5. The van der Waals surface area contributed by atoms with Crippen molar-refractivity contribution in [2.24, 2.45) is 0 Å². The van der Waals surface area contributed by atoms with Gasteiger partial charge in [0.1, 0.15) is 0 Å². The summed E-state index contributed by atoms with van der Waals surface area (Å²) in [4.78, 5) is 0. The van der Waals surface area contributed by atoms with Crippen molar-refractivity contribution < 1.29 is 9.47 Å². The Morgan fingerprint density at radius 1 is 1.00 bits per heavy atom. The molecule has 0 spiro atoms. The Morgan fingerprint density at radius 2 is 1.57 bits per heavy atom. The number of methoxy groups -OCH3 is 2. The minimum atomic E-state index is -0.0287. The highest BCUT2D eigenvalue weighted by Gasteiger charge is 2.02. The van der Waals surface area contributed by atoms with Gasteiger partial charge in [-0.15, -0.1) is 0 Å². The third-order valence-corrected chi connectivity index (χ3v) is 2.23. The van der Waals surface area contributed by atoms with Crippen molar-refractivity contribution in [3.63, 3.8) is 0 Å². The van der Waals surface area contributed by atoms with Gasteiger partial charge in [0.2, 0.25) is 0 Å². The monoisotopic (exact) mass is 200 g/mol. The molecule has 0 saturated carbocycles. The van der Waals surface area contributed by atoms with E-state index in [4.69, 9.17) is 9.47 Å². The second-order valence-electron chi connectivity index (χ2n) is 3.45. The zero-order valence-corrected chi connectivity index (χ0v) is 9.79. The maximum Gasteiger partial charge on any atom is 0.156 e. The van der Waals surface area contributed by atoms with E-state index in [0.29, 0.717) is 0 Å². The van der Waals surface area contributed by atoms with Gasteiger partial charge in [-0.1, -0.05) is 31.9 Å². The van der Waals surface area contributed by atoms with Gasteiger partial charge in [-0.2, -0.15) is 0 Å². The van der Waals surface area contributed by atoms with E-state index >= 15 is 0 Å². The van der Waals surface area contributed by atoms with Crippen LogP contribution in [0.25, 0.3) is 0 Å². The van der Waals surface area contributed by atoms with Gasteiger partial charge in [-0.25, -0.2) is 0 Å². The van der Waals surface area contributed by atoms with Crippen LogP contribution in [0, 0.1) is 0 Å². The molecule has 0 aliphatic rings. The number of unbranched alkanes of at least 4 members (excludes halogenated alkanes) is 3. The highest BCUT2D eigenvalue weighted by Crippen LogP contribution is 2.06. The van der Waals surface area contributed by atoms with E-state index in [9.17, 15) is 0 Å². The molecule has 2 heteroatoms. The summed E-state index contributed by atoms with van der Waals surface area (Å²) in [5.74, 6) is 0. The van der Waals surface area contributed by atoms with Crippen molar-refractivity contribution in [2.45, 2.75) is 51.7 Å². The van der Waals surface area contributed by atoms with Crippen LogP contribution in [0.5, 0.6) is 0 Å². The Labute approximate surface area is 88.3 Å². The molecule has 0 aliphatic carbocycles. The van der Waals surface area contributed by atoms with Gasteiger partial charge in [0.15, 0.2) is 6.29 Å². The van der Waals surface area contributed by atoms with E-state index in [-0.39, 0.29) is 6.29 Å².